The molecule has 11 heteroatoms. The number of pyridine rings is 1. The van der Waals surface area contributed by atoms with Crippen molar-refractivity contribution in [3.8, 4) is 11.6 Å². The highest BCUT2D eigenvalue weighted by molar-refractivity contribution is 5.86. The fourth-order valence-electron chi connectivity index (χ4n) is 5.90. The summed E-state index contributed by atoms with van der Waals surface area (Å²) in [5, 5.41) is 7.38. The predicted octanol–water partition coefficient (Wildman–Crippen LogP) is 5.22. The lowest BCUT2D eigenvalue weighted by atomic mass is 9.80. The Morgan fingerprint density at radius 1 is 1.18 bits per heavy atom. The molecule has 0 spiro atoms. The minimum absolute atomic E-state index is 0.103. The normalized spacial score (nSPS) is 22.4. The number of hydrogen-bond donors (Lipinski definition) is 2. The molecule has 10 nitrogen and oxygen atoms in total. The van der Waals surface area contributed by atoms with Crippen LogP contribution in [0.4, 0.5) is 10.2 Å². The number of hydrogen-bond acceptors (Lipinski definition) is 8. The van der Waals surface area contributed by atoms with Crippen molar-refractivity contribution in [1.29, 1.82) is 0 Å². The van der Waals surface area contributed by atoms with Gasteiger partial charge in [0.05, 0.1) is 5.69 Å². The standard InChI is InChI=1S/C28H35FN8O2/c1-16-10-12-18(13-11-16)15-37-21-22(31-17(2)19-7-6-8-19)32-24(25-35-27(38)39-36-25)33-23(21)34-26(37)28(3,29)20-9-4-5-14-30-20/h4-5,9,14,16-19H,6-8,10-13,15H2,1-3H3,(H,31,32,33)(H,35,36,38)/t16?,17-,18?,28?/m1/s1. The lowest BCUT2D eigenvalue weighted by molar-refractivity contribution is 0.209. The number of anilines is 1. The smallest absolute Gasteiger partial charge is 0.365 e. The van der Waals surface area contributed by atoms with Gasteiger partial charge in [0.2, 0.25) is 17.3 Å². The highest BCUT2D eigenvalue weighted by atomic mass is 19.1. The molecule has 1 unspecified atom stereocenters. The van der Waals surface area contributed by atoms with Crippen LogP contribution in [0.1, 0.15) is 77.2 Å². The Bertz CT molecular complexity index is 1500. The lowest BCUT2D eigenvalue weighted by Gasteiger charge is -2.32. The molecule has 4 heterocycles. The molecule has 206 valence electrons. The van der Waals surface area contributed by atoms with E-state index in [1.165, 1.54) is 13.3 Å². The molecule has 4 aromatic rings. The summed E-state index contributed by atoms with van der Waals surface area (Å²) in [6.07, 6.45) is 9.58. The minimum Gasteiger partial charge on any atom is -0.365 e. The van der Waals surface area contributed by atoms with Crippen LogP contribution in [0.5, 0.6) is 0 Å². The first-order valence-electron chi connectivity index (χ1n) is 14.0. The van der Waals surface area contributed by atoms with E-state index in [0.29, 0.717) is 41.3 Å². The number of H-pyrrole nitrogens is 1. The number of imidazole rings is 1. The second-order valence-corrected chi connectivity index (χ2v) is 11.5. The van der Waals surface area contributed by atoms with Crippen molar-refractivity contribution in [2.24, 2.45) is 17.8 Å². The van der Waals surface area contributed by atoms with Crippen molar-refractivity contribution in [2.45, 2.75) is 84.0 Å². The lowest BCUT2D eigenvalue weighted by Crippen LogP contribution is -2.31. The van der Waals surface area contributed by atoms with Crippen molar-refractivity contribution in [3.63, 3.8) is 0 Å². The largest absolute Gasteiger partial charge is 0.439 e. The first-order chi connectivity index (χ1) is 18.8. The third-order valence-corrected chi connectivity index (χ3v) is 8.62. The summed E-state index contributed by atoms with van der Waals surface area (Å²) >= 11 is 0. The first kappa shape index (κ1) is 25.6. The summed E-state index contributed by atoms with van der Waals surface area (Å²) in [6.45, 7) is 6.55. The van der Waals surface area contributed by atoms with E-state index in [0.717, 1.165) is 38.5 Å². The maximum absolute atomic E-state index is 16.8. The van der Waals surface area contributed by atoms with Crippen LogP contribution in [0.3, 0.4) is 0 Å². The molecule has 2 aliphatic carbocycles. The van der Waals surface area contributed by atoms with Crippen LogP contribution < -0.4 is 11.1 Å². The van der Waals surface area contributed by atoms with E-state index >= 15 is 4.39 Å². The molecule has 2 fully saturated rings. The molecular formula is C28H35FN8O2. The predicted molar refractivity (Wildman–Crippen MR) is 145 cm³/mol. The van der Waals surface area contributed by atoms with E-state index in [1.807, 2.05) is 4.57 Å². The fraction of sp³-hybridized carbons (Fsp3) is 0.571. The molecule has 2 saturated carbocycles. The molecule has 2 N–H and O–H groups in total. The molecule has 6 rings (SSSR count). The summed E-state index contributed by atoms with van der Waals surface area (Å²) < 4.78 is 23.5. The number of fused-ring (bicyclic) bond motifs is 1. The summed E-state index contributed by atoms with van der Waals surface area (Å²) in [5.41, 5.74) is -0.691. The summed E-state index contributed by atoms with van der Waals surface area (Å²) in [4.78, 5) is 32.8. The Hall–Kier alpha value is -3.63. The van der Waals surface area contributed by atoms with Gasteiger partial charge in [0, 0.05) is 18.8 Å². The van der Waals surface area contributed by atoms with Gasteiger partial charge >= 0.3 is 5.76 Å². The van der Waals surface area contributed by atoms with E-state index < -0.39 is 11.4 Å². The van der Waals surface area contributed by atoms with Crippen molar-refractivity contribution in [2.75, 3.05) is 5.32 Å². The van der Waals surface area contributed by atoms with Gasteiger partial charge in [0.25, 0.3) is 0 Å². The van der Waals surface area contributed by atoms with Crippen LogP contribution in [0.2, 0.25) is 0 Å². The van der Waals surface area contributed by atoms with E-state index in [2.05, 4.69) is 39.3 Å². The molecule has 0 aromatic carbocycles. The number of aromatic amines is 1. The van der Waals surface area contributed by atoms with Crippen LogP contribution in [0, 0.1) is 17.8 Å². The minimum atomic E-state index is -1.97. The van der Waals surface area contributed by atoms with Gasteiger partial charge in [-0.15, -0.1) is 0 Å². The molecule has 2 aliphatic rings. The summed E-state index contributed by atoms with van der Waals surface area (Å²) in [6, 6.07) is 5.38. The second-order valence-electron chi connectivity index (χ2n) is 11.5. The molecule has 0 bridgehead atoms. The number of nitrogens with zero attached hydrogens (tertiary/aromatic N) is 6. The van der Waals surface area contributed by atoms with Crippen LogP contribution in [-0.2, 0) is 12.2 Å². The molecular weight excluding hydrogens is 499 g/mol. The molecule has 0 radical (unpaired) electrons. The zero-order valence-electron chi connectivity index (χ0n) is 22.7. The van der Waals surface area contributed by atoms with Crippen LogP contribution in [0.25, 0.3) is 22.8 Å². The van der Waals surface area contributed by atoms with E-state index in [9.17, 15) is 4.79 Å². The monoisotopic (exact) mass is 534 g/mol. The zero-order valence-corrected chi connectivity index (χ0v) is 22.7. The summed E-state index contributed by atoms with van der Waals surface area (Å²) in [5.74, 6) is 1.99. The van der Waals surface area contributed by atoms with Gasteiger partial charge < -0.3 is 9.88 Å². The van der Waals surface area contributed by atoms with Gasteiger partial charge in [-0.1, -0.05) is 37.4 Å². The topological polar surface area (TPSA) is 127 Å². The van der Waals surface area contributed by atoms with E-state index in [-0.39, 0.29) is 29.2 Å². The highest BCUT2D eigenvalue weighted by Crippen LogP contribution is 2.39. The van der Waals surface area contributed by atoms with Gasteiger partial charge in [-0.25, -0.2) is 24.1 Å². The quantitative estimate of drug-likeness (QED) is 0.315. The third-order valence-electron chi connectivity index (χ3n) is 8.62. The Balaban J connectivity index is 1.53. The Labute approximate surface area is 225 Å². The van der Waals surface area contributed by atoms with Gasteiger partial charge in [-0.2, -0.15) is 0 Å². The average molecular weight is 535 g/mol. The van der Waals surface area contributed by atoms with Crippen molar-refractivity contribution in [1.82, 2.24) is 34.6 Å². The number of aromatic nitrogens is 7. The Kier molecular flexibility index (Phi) is 6.68. The zero-order chi connectivity index (χ0) is 27.1. The van der Waals surface area contributed by atoms with Crippen LogP contribution in [0.15, 0.2) is 33.7 Å². The van der Waals surface area contributed by atoms with Crippen LogP contribution in [-0.4, -0.2) is 40.7 Å². The van der Waals surface area contributed by atoms with E-state index in [4.69, 9.17) is 14.5 Å². The van der Waals surface area contributed by atoms with Crippen LogP contribution >= 0.6 is 0 Å². The highest BCUT2D eigenvalue weighted by Gasteiger charge is 2.38. The Morgan fingerprint density at radius 3 is 2.62 bits per heavy atom. The molecule has 0 saturated heterocycles. The number of alkyl halides is 1. The second kappa shape index (κ2) is 10.2. The van der Waals surface area contributed by atoms with Gasteiger partial charge in [0.1, 0.15) is 5.52 Å². The van der Waals surface area contributed by atoms with Gasteiger partial charge in [0.15, 0.2) is 17.3 Å². The first-order valence-corrected chi connectivity index (χ1v) is 14.0. The van der Waals surface area contributed by atoms with Gasteiger partial charge in [-0.3, -0.25) is 14.5 Å². The average Bonchev–Trinajstić information content (AvgIpc) is 3.49. The van der Waals surface area contributed by atoms with Crippen molar-refractivity contribution < 1.29 is 8.91 Å². The molecule has 0 amide bonds. The van der Waals surface area contributed by atoms with Crippen molar-refractivity contribution in [3.05, 3.63) is 46.5 Å². The molecule has 2 atom stereocenters. The third kappa shape index (κ3) is 4.94. The fourth-order valence-corrected chi connectivity index (χ4v) is 5.90. The number of nitrogens with one attached hydrogen (secondary N) is 2. The SMILES string of the molecule is CC1CCC(Cn2c(C(C)(F)c3ccccn3)nc3nc(-c4noc(=O)[nH]4)nc(N[C@H](C)C4CCC4)c32)CC1. The Morgan fingerprint density at radius 2 is 1.97 bits per heavy atom. The summed E-state index contributed by atoms with van der Waals surface area (Å²) in [7, 11) is 0. The maximum atomic E-state index is 16.8. The molecule has 39 heavy (non-hydrogen) atoms. The number of halogens is 1. The van der Waals surface area contributed by atoms with E-state index in [1.54, 1.807) is 24.4 Å². The maximum Gasteiger partial charge on any atom is 0.439 e. The number of rotatable bonds is 8. The molecule has 4 aromatic heterocycles. The van der Waals surface area contributed by atoms with Crippen molar-refractivity contribution >= 4 is 17.0 Å². The van der Waals surface area contributed by atoms with Gasteiger partial charge in [-0.05, 0) is 69.4 Å². The molecule has 0 aliphatic heterocycles.